The maximum Gasteiger partial charge on any atom is 0.573 e. The van der Waals surface area contributed by atoms with Crippen LogP contribution in [-0.4, -0.2) is 25.6 Å². The number of alkyl halides is 3. The normalized spacial score (nSPS) is 15.9. The molecule has 0 unspecified atom stereocenters. The lowest BCUT2D eigenvalue weighted by molar-refractivity contribution is -0.274. The van der Waals surface area contributed by atoms with Crippen molar-refractivity contribution >= 4 is 11.8 Å². The van der Waals surface area contributed by atoms with Gasteiger partial charge in [0.1, 0.15) is 12.4 Å². The maximum absolute atomic E-state index is 11.9. The lowest BCUT2D eigenvalue weighted by atomic mass is 10.3. The van der Waals surface area contributed by atoms with E-state index in [0.717, 1.165) is 12.1 Å². The molecule has 1 saturated heterocycles. The highest BCUT2D eigenvalue weighted by molar-refractivity contribution is 5.89. The van der Waals surface area contributed by atoms with E-state index in [4.69, 9.17) is 4.74 Å². The Hall–Kier alpha value is -1.92. The molecule has 0 saturated carbocycles. The number of amides is 1. The number of cyclic esters (lactones) is 1. The zero-order valence-electron chi connectivity index (χ0n) is 8.53. The number of hydrogen-bond acceptors (Lipinski definition) is 3. The van der Waals surface area contributed by atoms with E-state index < -0.39 is 12.5 Å². The maximum atomic E-state index is 11.9. The first-order chi connectivity index (χ1) is 7.96. The Balaban J connectivity index is 2.10. The van der Waals surface area contributed by atoms with Gasteiger partial charge in [0, 0.05) is 5.69 Å². The Morgan fingerprint density at radius 3 is 2.35 bits per heavy atom. The van der Waals surface area contributed by atoms with E-state index in [9.17, 15) is 18.0 Å². The highest BCUT2D eigenvalue weighted by Gasteiger charge is 2.31. The fourth-order valence-electron chi connectivity index (χ4n) is 1.46. The van der Waals surface area contributed by atoms with Gasteiger partial charge in [0.2, 0.25) is 0 Å². The minimum atomic E-state index is -4.71. The summed E-state index contributed by atoms with van der Waals surface area (Å²) in [5.41, 5.74) is 0.474. The monoisotopic (exact) mass is 247 g/mol. The summed E-state index contributed by atoms with van der Waals surface area (Å²) in [6.07, 6.45) is -5.22. The third kappa shape index (κ3) is 2.80. The van der Waals surface area contributed by atoms with E-state index >= 15 is 0 Å². The number of nitrogens with zero attached hydrogens (tertiary/aromatic N) is 1. The highest BCUT2D eigenvalue weighted by atomic mass is 19.4. The molecule has 17 heavy (non-hydrogen) atoms. The molecule has 1 aromatic rings. The van der Waals surface area contributed by atoms with Crippen LogP contribution in [-0.2, 0) is 4.74 Å². The summed E-state index contributed by atoms with van der Waals surface area (Å²) in [5, 5.41) is 0. The van der Waals surface area contributed by atoms with Crippen LogP contribution in [0.4, 0.5) is 23.7 Å². The predicted molar refractivity (Wildman–Crippen MR) is 51.8 cm³/mol. The van der Waals surface area contributed by atoms with Gasteiger partial charge in [-0.05, 0) is 24.3 Å². The summed E-state index contributed by atoms with van der Waals surface area (Å²) in [7, 11) is 0. The lowest BCUT2D eigenvalue weighted by Gasteiger charge is -2.13. The van der Waals surface area contributed by atoms with Crippen molar-refractivity contribution in [2.75, 3.05) is 18.1 Å². The topological polar surface area (TPSA) is 38.8 Å². The van der Waals surface area contributed by atoms with Crippen LogP contribution < -0.4 is 9.64 Å². The molecule has 1 heterocycles. The van der Waals surface area contributed by atoms with Crippen molar-refractivity contribution in [3.8, 4) is 5.75 Å². The molecule has 92 valence electrons. The van der Waals surface area contributed by atoms with Crippen LogP contribution >= 0.6 is 0 Å². The molecule has 0 aliphatic carbocycles. The number of rotatable bonds is 2. The number of carbonyl (C=O) groups excluding carboxylic acids is 1. The van der Waals surface area contributed by atoms with Crippen molar-refractivity contribution in [3.05, 3.63) is 24.3 Å². The molecule has 0 N–H and O–H groups in total. The molecule has 7 heteroatoms. The van der Waals surface area contributed by atoms with E-state index in [1.54, 1.807) is 0 Å². The van der Waals surface area contributed by atoms with Crippen molar-refractivity contribution in [2.45, 2.75) is 6.36 Å². The van der Waals surface area contributed by atoms with Gasteiger partial charge < -0.3 is 9.47 Å². The van der Waals surface area contributed by atoms with Gasteiger partial charge in [-0.25, -0.2) is 4.79 Å². The van der Waals surface area contributed by atoms with E-state index in [2.05, 4.69) is 4.74 Å². The third-order valence-electron chi connectivity index (χ3n) is 2.14. The second kappa shape index (κ2) is 4.15. The van der Waals surface area contributed by atoms with Gasteiger partial charge in [-0.1, -0.05) is 0 Å². The fraction of sp³-hybridized carbons (Fsp3) is 0.300. The molecule has 0 radical (unpaired) electrons. The molecular formula is C10H8F3NO3. The molecule has 0 atom stereocenters. The standard InChI is InChI=1S/C10H8F3NO3/c11-10(12,13)17-8-3-1-7(2-4-8)14-5-6-16-9(14)15/h1-4H,5-6H2. The molecule has 1 amide bonds. The summed E-state index contributed by atoms with van der Waals surface area (Å²) < 4.78 is 44.1. The van der Waals surface area contributed by atoms with E-state index in [-0.39, 0.29) is 12.4 Å². The van der Waals surface area contributed by atoms with Crippen molar-refractivity contribution < 1.29 is 27.4 Å². The fourth-order valence-corrected chi connectivity index (χ4v) is 1.46. The number of hydrogen-bond donors (Lipinski definition) is 0. The van der Waals surface area contributed by atoms with E-state index in [0.29, 0.717) is 12.2 Å². The summed E-state index contributed by atoms with van der Waals surface area (Å²) in [6.45, 7) is 0.665. The van der Waals surface area contributed by atoms with Crippen LogP contribution in [0, 0.1) is 0 Å². The van der Waals surface area contributed by atoms with Gasteiger partial charge >= 0.3 is 12.5 Å². The highest BCUT2D eigenvalue weighted by Crippen LogP contribution is 2.26. The van der Waals surface area contributed by atoms with Crippen LogP contribution in [0.25, 0.3) is 0 Å². The van der Waals surface area contributed by atoms with E-state index in [1.165, 1.54) is 17.0 Å². The number of ether oxygens (including phenoxy) is 2. The zero-order chi connectivity index (χ0) is 12.5. The first-order valence-electron chi connectivity index (χ1n) is 4.76. The van der Waals surface area contributed by atoms with Crippen molar-refractivity contribution in [1.29, 1.82) is 0 Å². The second-order valence-corrected chi connectivity index (χ2v) is 3.31. The molecule has 0 spiro atoms. The predicted octanol–water partition coefficient (Wildman–Crippen LogP) is 2.54. The molecule has 2 rings (SSSR count). The summed E-state index contributed by atoms with van der Waals surface area (Å²) >= 11 is 0. The summed E-state index contributed by atoms with van der Waals surface area (Å²) in [4.78, 5) is 12.5. The van der Waals surface area contributed by atoms with Crippen LogP contribution in [0.1, 0.15) is 0 Å². The quantitative estimate of drug-likeness (QED) is 0.806. The van der Waals surface area contributed by atoms with Crippen LogP contribution in [0.5, 0.6) is 5.75 Å². The summed E-state index contributed by atoms with van der Waals surface area (Å²) in [5.74, 6) is -0.325. The molecule has 0 bridgehead atoms. The van der Waals surface area contributed by atoms with E-state index in [1.807, 2.05) is 0 Å². The zero-order valence-corrected chi connectivity index (χ0v) is 8.53. The molecule has 0 aromatic heterocycles. The first-order valence-corrected chi connectivity index (χ1v) is 4.76. The molecule has 4 nitrogen and oxygen atoms in total. The Morgan fingerprint density at radius 1 is 1.24 bits per heavy atom. The average molecular weight is 247 g/mol. The molecular weight excluding hydrogens is 239 g/mol. The van der Waals surface area contributed by atoms with Crippen molar-refractivity contribution in [1.82, 2.24) is 0 Å². The van der Waals surface area contributed by atoms with Crippen molar-refractivity contribution in [2.24, 2.45) is 0 Å². The molecule has 1 aromatic carbocycles. The van der Waals surface area contributed by atoms with Crippen LogP contribution in [0.3, 0.4) is 0 Å². The van der Waals surface area contributed by atoms with Gasteiger partial charge in [-0.3, -0.25) is 4.90 Å². The SMILES string of the molecule is O=C1OCCN1c1ccc(OC(F)(F)F)cc1. The average Bonchev–Trinajstić information content (AvgIpc) is 2.63. The number of halogens is 3. The number of anilines is 1. The smallest absolute Gasteiger partial charge is 0.447 e. The van der Waals surface area contributed by atoms with Gasteiger partial charge in [-0.2, -0.15) is 0 Å². The summed E-state index contributed by atoms with van der Waals surface area (Å²) in [6, 6.07) is 5.03. The van der Waals surface area contributed by atoms with Gasteiger partial charge in [0.15, 0.2) is 0 Å². The number of carbonyl (C=O) groups is 1. The van der Waals surface area contributed by atoms with Crippen LogP contribution in [0.15, 0.2) is 24.3 Å². The first kappa shape index (κ1) is 11.6. The van der Waals surface area contributed by atoms with Crippen molar-refractivity contribution in [3.63, 3.8) is 0 Å². The van der Waals surface area contributed by atoms with Gasteiger partial charge in [0.25, 0.3) is 0 Å². The van der Waals surface area contributed by atoms with Gasteiger partial charge in [-0.15, -0.1) is 13.2 Å². The minimum Gasteiger partial charge on any atom is -0.447 e. The number of benzene rings is 1. The Morgan fingerprint density at radius 2 is 1.88 bits per heavy atom. The minimum absolute atomic E-state index is 0.277. The molecule has 1 aliphatic heterocycles. The third-order valence-corrected chi connectivity index (χ3v) is 2.14. The van der Waals surface area contributed by atoms with Crippen LogP contribution in [0.2, 0.25) is 0 Å². The largest absolute Gasteiger partial charge is 0.573 e. The Labute approximate surface area is 94.5 Å². The Kier molecular flexibility index (Phi) is 2.83. The molecule has 1 fully saturated rings. The Bertz CT molecular complexity index is 416. The molecule has 1 aliphatic rings. The van der Waals surface area contributed by atoms with Gasteiger partial charge in [0.05, 0.1) is 6.54 Å². The second-order valence-electron chi connectivity index (χ2n) is 3.31. The lowest BCUT2D eigenvalue weighted by Crippen LogP contribution is -2.23.